The van der Waals surface area contributed by atoms with Gasteiger partial charge in [0.1, 0.15) is 0 Å². The van der Waals surface area contributed by atoms with Crippen molar-refractivity contribution in [2.75, 3.05) is 25.9 Å². The number of nitrogens with one attached hydrogen (secondary N) is 1. The van der Waals surface area contributed by atoms with E-state index in [-0.39, 0.29) is 12.1 Å². The Kier molecular flexibility index (Phi) is 4.04. The summed E-state index contributed by atoms with van der Waals surface area (Å²) in [6.07, 6.45) is 0.586. The second kappa shape index (κ2) is 5.73. The van der Waals surface area contributed by atoms with Gasteiger partial charge in [-0.3, -0.25) is 4.90 Å². The van der Waals surface area contributed by atoms with Crippen molar-refractivity contribution in [1.29, 1.82) is 0 Å². The zero-order valence-corrected chi connectivity index (χ0v) is 10.6. The molecule has 1 atom stereocenters. The Labute approximate surface area is 107 Å². The number of nitrogens with zero attached hydrogens (tertiary/aromatic N) is 1. The van der Waals surface area contributed by atoms with Crippen LogP contribution in [-0.2, 0) is 11.3 Å². The highest BCUT2D eigenvalue weighted by molar-refractivity contribution is 5.67. The maximum atomic E-state index is 11.1. The minimum Gasteiger partial charge on any atom is -0.453 e. The summed E-state index contributed by atoms with van der Waals surface area (Å²) < 4.78 is 4.60. The average molecular weight is 249 g/mol. The van der Waals surface area contributed by atoms with Crippen molar-refractivity contribution in [1.82, 2.24) is 10.2 Å². The first-order valence-corrected chi connectivity index (χ1v) is 6.09. The van der Waals surface area contributed by atoms with Crippen LogP contribution in [0.25, 0.3) is 0 Å². The minimum atomic E-state index is -0.360. The number of anilines is 1. The average Bonchev–Trinajstić information content (AvgIpc) is 2.79. The van der Waals surface area contributed by atoms with E-state index in [0.717, 1.165) is 37.3 Å². The minimum absolute atomic E-state index is 0.169. The summed E-state index contributed by atoms with van der Waals surface area (Å²) in [5.74, 6) is 0. The SMILES string of the molecule is COC(=O)NC1CCN(Cc2ccccc2N)C1. The summed E-state index contributed by atoms with van der Waals surface area (Å²) in [5.41, 5.74) is 7.88. The fourth-order valence-electron chi connectivity index (χ4n) is 2.24. The number of amides is 1. The lowest BCUT2D eigenvalue weighted by molar-refractivity contribution is 0.166. The normalized spacial score (nSPS) is 19.7. The van der Waals surface area contributed by atoms with E-state index in [1.807, 2.05) is 24.3 Å². The number of hydrogen-bond acceptors (Lipinski definition) is 4. The molecule has 1 aromatic carbocycles. The first kappa shape index (κ1) is 12.7. The van der Waals surface area contributed by atoms with Gasteiger partial charge in [0.05, 0.1) is 7.11 Å². The molecule has 1 unspecified atom stereocenters. The first-order chi connectivity index (χ1) is 8.69. The molecule has 5 heteroatoms. The maximum absolute atomic E-state index is 11.1. The molecule has 0 radical (unpaired) electrons. The molecule has 0 saturated carbocycles. The molecule has 3 N–H and O–H groups in total. The van der Waals surface area contributed by atoms with Gasteiger partial charge in [-0.25, -0.2) is 4.79 Å². The highest BCUT2D eigenvalue weighted by Gasteiger charge is 2.24. The molecular formula is C13H19N3O2. The number of methoxy groups -OCH3 is 1. The highest BCUT2D eigenvalue weighted by Crippen LogP contribution is 2.17. The van der Waals surface area contributed by atoms with Crippen molar-refractivity contribution in [3.63, 3.8) is 0 Å². The van der Waals surface area contributed by atoms with Gasteiger partial charge in [-0.05, 0) is 18.1 Å². The molecule has 0 bridgehead atoms. The van der Waals surface area contributed by atoms with Crippen LogP contribution in [0.15, 0.2) is 24.3 Å². The number of para-hydroxylation sites is 1. The molecule has 2 rings (SSSR count). The fraction of sp³-hybridized carbons (Fsp3) is 0.462. The molecular weight excluding hydrogens is 230 g/mol. The van der Waals surface area contributed by atoms with Gasteiger partial charge in [0.15, 0.2) is 0 Å². The van der Waals surface area contributed by atoms with E-state index in [2.05, 4.69) is 15.0 Å². The molecule has 18 heavy (non-hydrogen) atoms. The van der Waals surface area contributed by atoms with E-state index >= 15 is 0 Å². The molecule has 1 saturated heterocycles. The second-order valence-corrected chi connectivity index (χ2v) is 4.56. The van der Waals surface area contributed by atoms with Crippen molar-refractivity contribution in [2.45, 2.75) is 19.0 Å². The Morgan fingerprint density at radius 1 is 1.56 bits per heavy atom. The number of hydrogen-bond donors (Lipinski definition) is 2. The molecule has 1 amide bonds. The predicted molar refractivity (Wildman–Crippen MR) is 70.1 cm³/mol. The van der Waals surface area contributed by atoms with Crippen LogP contribution >= 0.6 is 0 Å². The van der Waals surface area contributed by atoms with Crippen molar-refractivity contribution >= 4 is 11.8 Å². The molecule has 1 fully saturated rings. The summed E-state index contributed by atoms with van der Waals surface area (Å²) in [6.45, 7) is 2.62. The Morgan fingerprint density at radius 2 is 2.33 bits per heavy atom. The van der Waals surface area contributed by atoms with Crippen molar-refractivity contribution in [3.05, 3.63) is 29.8 Å². The van der Waals surface area contributed by atoms with Crippen LogP contribution in [0.2, 0.25) is 0 Å². The number of nitrogen functional groups attached to an aromatic ring is 1. The van der Waals surface area contributed by atoms with Gasteiger partial charge < -0.3 is 15.8 Å². The summed E-state index contributed by atoms with van der Waals surface area (Å²) in [7, 11) is 1.38. The lowest BCUT2D eigenvalue weighted by Gasteiger charge is -2.17. The molecule has 5 nitrogen and oxygen atoms in total. The monoisotopic (exact) mass is 249 g/mol. The molecule has 1 aliphatic rings. The standard InChI is InChI=1S/C13H19N3O2/c1-18-13(17)15-11-6-7-16(9-11)8-10-4-2-3-5-12(10)14/h2-5,11H,6-9,14H2,1H3,(H,15,17). The summed E-state index contributed by atoms with van der Waals surface area (Å²) in [6, 6.07) is 8.05. The van der Waals surface area contributed by atoms with Gasteiger partial charge in [-0.15, -0.1) is 0 Å². The second-order valence-electron chi connectivity index (χ2n) is 4.56. The van der Waals surface area contributed by atoms with Gasteiger partial charge in [-0.2, -0.15) is 0 Å². The number of benzene rings is 1. The van der Waals surface area contributed by atoms with Crippen LogP contribution in [-0.4, -0.2) is 37.2 Å². The maximum Gasteiger partial charge on any atom is 0.407 e. The molecule has 1 aliphatic heterocycles. The number of rotatable bonds is 3. The van der Waals surface area contributed by atoms with Gasteiger partial charge >= 0.3 is 6.09 Å². The van der Waals surface area contributed by atoms with Gasteiger partial charge in [-0.1, -0.05) is 18.2 Å². The van der Waals surface area contributed by atoms with E-state index in [1.54, 1.807) is 0 Å². The topological polar surface area (TPSA) is 67.6 Å². The molecule has 1 aromatic rings. The molecule has 0 spiro atoms. The van der Waals surface area contributed by atoms with Crippen LogP contribution in [0.5, 0.6) is 0 Å². The first-order valence-electron chi connectivity index (χ1n) is 6.09. The van der Waals surface area contributed by atoms with Crippen LogP contribution < -0.4 is 11.1 Å². The van der Waals surface area contributed by atoms with E-state index in [1.165, 1.54) is 7.11 Å². The van der Waals surface area contributed by atoms with Crippen molar-refractivity contribution in [2.24, 2.45) is 0 Å². The van der Waals surface area contributed by atoms with Gasteiger partial charge in [0.2, 0.25) is 0 Å². The van der Waals surface area contributed by atoms with Crippen LogP contribution in [0.3, 0.4) is 0 Å². The Hall–Kier alpha value is -1.75. The number of ether oxygens (including phenoxy) is 1. The van der Waals surface area contributed by atoms with Crippen LogP contribution in [0, 0.1) is 0 Å². The summed E-state index contributed by atoms with van der Waals surface area (Å²) in [4.78, 5) is 13.4. The third-order valence-electron chi connectivity index (χ3n) is 3.23. The smallest absolute Gasteiger partial charge is 0.407 e. The number of nitrogens with two attached hydrogens (primary N) is 1. The van der Waals surface area contributed by atoms with Crippen molar-refractivity contribution < 1.29 is 9.53 Å². The van der Waals surface area contributed by atoms with E-state index < -0.39 is 0 Å². The summed E-state index contributed by atoms with van der Waals surface area (Å²) in [5, 5.41) is 2.82. The largest absolute Gasteiger partial charge is 0.453 e. The number of carbonyl (C=O) groups is 1. The van der Waals surface area contributed by atoms with Gasteiger partial charge in [0.25, 0.3) is 0 Å². The predicted octanol–water partition coefficient (Wildman–Crippen LogP) is 1.20. The quantitative estimate of drug-likeness (QED) is 0.790. The Balaban J connectivity index is 1.86. The molecule has 0 aromatic heterocycles. The number of likely N-dealkylation sites (tertiary alicyclic amines) is 1. The third-order valence-corrected chi connectivity index (χ3v) is 3.23. The van der Waals surface area contributed by atoms with Crippen molar-refractivity contribution in [3.8, 4) is 0 Å². The van der Waals surface area contributed by atoms with E-state index in [0.29, 0.717) is 0 Å². The Morgan fingerprint density at radius 3 is 3.06 bits per heavy atom. The molecule has 98 valence electrons. The lowest BCUT2D eigenvalue weighted by atomic mass is 10.2. The highest BCUT2D eigenvalue weighted by atomic mass is 16.5. The molecule has 0 aliphatic carbocycles. The third kappa shape index (κ3) is 3.13. The lowest BCUT2D eigenvalue weighted by Crippen LogP contribution is -2.36. The zero-order valence-electron chi connectivity index (χ0n) is 10.6. The number of carbonyl (C=O) groups excluding carboxylic acids is 1. The van der Waals surface area contributed by atoms with Gasteiger partial charge in [0, 0.05) is 31.4 Å². The van der Waals surface area contributed by atoms with Crippen LogP contribution in [0.4, 0.5) is 10.5 Å². The fourth-order valence-corrected chi connectivity index (χ4v) is 2.24. The van der Waals surface area contributed by atoms with E-state index in [9.17, 15) is 4.79 Å². The van der Waals surface area contributed by atoms with E-state index in [4.69, 9.17) is 5.73 Å². The zero-order chi connectivity index (χ0) is 13.0. The number of alkyl carbamates (subject to hydrolysis) is 1. The van der Waals surface area contributed by atoms with Crippen LogP contribution in [0.1, 0.15) is 12.0 Å². The Bertz CT molecular complexity index is 422. The molecule has 1 heterocycles. The summed E-state index contributed by atoms with van der Waals surface area (Å²) >= 11 is 0.